The lowest BCUT2D eigenvalue weighted by Crippen LogP contribution is -1.80. The third kappa shape index (κ3) is 17.4. The van der Waals surface area contributed by atoms with Gasteiger partial charge in [-0.25, -0.2) is 0 Å². The molecule has 0 fully saturated rings. The smallest absolute Gasteiger partial charge is 0.0433 e. The zero-order valence-electron chi connectivity index (χ0n) is 13.7. The highest BCUT2D eigenvalue weighted by Gasteiger charge is 1.90. The van der Waals surface area contributed by atoms with Crippen molar-refractivity contribution in [2.45, 2.75) is 90.4 Å². The molecule has 0 saturated carbocycles. The summed E-state index contributed by atoms with van der Waals surface area (Å²) in [6.07, 6.45) is 25.8. The number of aliphatic hydroxyl groups is 1. The first-order valence-corrected chi connectivity index (χ1v) is 8.82. The van der Waals surface area contributed by atoms with Gasteiger partial charge in [0.2, 0.25) is 0 Å². The summed E-state index contributed by atoms with van der Waals surface area (Å²) in [6.45, 7) is 2.58. The zero-order valence-corrected chi connectivity index (χ0v) is 13.7. The van der Waals surface area contributed by atoms with Gasteiger partial charge in [-0.15, -0.1) is 0 Å². The summed E-state index contributed by atoms with van der Waals surface area (Å²) in [5.41, 5.74) is 0. The van der Waals surface area contributed by atoms with Gasteiger partial charge in [-0.05, 0) is 38.5 Å². The van der Waals surface area contributed by atoms with Crippen LogP contribution in [0.1, 0.15) is 90.4 Å². The summed E-state index contributed by atoms with van der Waals surface area (Å²) in [6, 6.07) is 0. The molecule has 0 spiro atoms. The van der Waals surface area contributed by atoms with Crippen molar-refractivity contribution in [2.75, 3.05) is 6.61 Å². The van der Waals surface area contributed by atoms with Gasteiger partial charge in [0.25, 0.3) is 0 Å². The summed E-state index contributed by atoms with van der Waals surface area (Å²) < 4.78 is 0. The maximum Gasteiger partial charge on any atom is 0.0433 e. The number of hydrogen-bond acceptors (Lipinski definition) is 1. The van der Waals surface area contributed by atoms with E-state index in [2.05, 4.69) is 31.2 Å². The van der Waals surface area contributed by atoms with Crippen LogP contribution in [0.3, 0.4) is 0 Å². The van der Waals surface area contributed by atoms with E-state index >= 15 is 0 Å². The Morgan fingerprint density at radius 3 is 1.55 bits per heavy atom. The Labute approximate surface area is 127 Å². The molecule has 20 heavy (non-hydrogen) atoms. The molecule has 0 bridgehead atoms. The first kappa shape index (κ1) is 19.4. The van der Waals surface area contributed by atoms with E-state index in [1.54, 1.807) is 0 Å². The molecule has 0 aliphatic heterocycles. The average molecular weight is 280 g/mol. The fraction of sp³-hybridized carbons (Fsp3) is 0.789. The highest BCUT2D eigenvalue weighted by molar-refractivity contribution is 4.87. The second-order valence-electron chi connectivity index (χ2n) is 5.65. The van der Waals surface area contributed by atoms with E-state index in [4.69, 9.17) is 5.11 Å². The molecule has 0 amide bonds. The van der Waals surface area contributed by atoms with E-state index in [9.17, 15) is 0 Å². The second-order valence-corrected chi connectivity index (χ2v) is 5.65. The fourth-order valence-corrected chi connectivity index (χ4v) is 2.27. The van der Waals surface area contributed by atoms with Gasteiger partial charge < -0.3 is 5.11 Å². The van der Waals surface area contributed by atoms with E-state index in [-0.39, 0.29) is 0 Å². The molecule has 0 aromatic carbocycles. The fourth-order valence-electron chi connectivity index (χ4n) is 2.27. The van der Waals surface area contributed by atoms with Gasteiger partial charge in [-0.3, -0.25) is 0 Å². The molecule has 118 valence electrons. The van der Waals surface area contributed by atoms with Crippen LogP contribution in [0, 0.1) is 0 Å². The predicted octanol–water partition coefficient (Wildman–Crippen LogP) is 6.18. The lowest BCUT2D eigenvalue weighted by Gasteiger charge is -1.99. The summed E-state index contributed by atoms with van der Waals surface area (Å²) in [5, 5.41) is 8.64. The Hall–Kier alpha value is -0.560. The zero-order chi connectivity index (χ0) is 14.7. The number of hydrogen-bond donors (Lipinski definition) is 1. The third-order valence-electron chi connectivity index (χ3n) is 3.59. The van der Waals surface area contributed by atoms with Crippen LogP contribution in [-0.2, 0) is 0 Å². The average Bonchev–Trinajstić information content (AvgIpc) is 2.47. The molecule has 0 aromatic heterocycles. The maximum atomic E-state index is 8.64. The molecule has 0 atom stereocenters. The van der Waals surface area contributed by atoms with Crippen molar-refractivity contribution in [3.05, 3.63) is 24.3 Å². The Morgan fingerprint density at radius 2 is 1.00 bits per heavy atom. The largest absolute Gasteiger partial charge is 0.396 e. The third-order valence-corrected chi connectivity index (χ3v) is 3.59. The molecule has 1 N–H and O–H groups in total. The van der Waals surface area contributed by atoms with Crippen LogP contribution in [0.2, 0.25) is 0 Å². The van der Waals surface area contributed by atoms with Gasteiger partial charge in [0, 0.05) is 6.61 Å². The minimum Gasteiger partial charge on any atom is -0.396 e. The van der Waals surface area contributed by atoms with Gasteiger partial charge in [0.05, 0.1) is 0 Å². The standard InChI is InChI=1S/C19H36O/c1-2-3-4-5-6-7-8-9-10-11-12-13-14-15-16-17-18-19-20/h11-12,15-16,20H,2-10,13-14,17-19H2,1H3/b12-11+,16-15+. The maximum absolute atomic E-state index is 8.64. The molecule has 0 aliphatic carbocycles. The molecule has 0 aliphatic rings. The molecule has 0 saturated heterocycles. The first-order valence-electron chi connectivity index (χ1n) is 8.82. The SMILES string of the molecule is CCCCCCCCCC/C=C/CC/C=C/CCCO. The molecule has 1 nitrogen and oxygen atoms in total. The molecule has 0 radical (unpaired) electrons. The van der Waals surface area contributed by atoms with Gasteiger partial charge in [-0.1, -0.05) is 76.2 Å². The minimum atomic E-state index is 0.308. The minimum absolute atomic E-state index is 0.308. The molecule has 0 aromatic rings. The molecular weight excluding hydrogens is 244 g/mol. The van der Waals surface area contributed by atoms with E-state index in [0.717, 1.165) is 25.7 Å². The Morgan fingerprint density at radius 1 is 0.550 bits per heavy atom. The van der Waals surface area contributed by atoms with Crippen molar-refractivity contribution in [1.82, 2.24) is 0 Å². The number of aliphatic hydroxyl groups excluding tert-OH is 1. The van der Waals surface area contributed by atoms with Crippen molar-refractivity contribution < 1.29 is 5.11 Å². The number of allylic oxidation sites excluding steroid dienone is 4. The second kappa shape index (κ2) is 18.4. The Balaban J connectivity index is 3.10. The quantitative estimate of drug-likeness (QED) is 0.280. The molecule has 0 rings (SSSR count). The first-order chi connectivity index (χ1) is 9.91. The lowest BCUT2D eigenvalue weighted by molar-refractivity contribution is 0.289. The van der Waals surface area contributed by atoms with Crippen molar-refractivity contribution in [1.29, 1.82) is 0 Å². The molecule has 1 heteroatoms. The van der Waals surface area contributed by atoms with E-state index in [1.807, 2.05) is 0 Å². The topological polar surface area (TPSA) is 20.2 Å². The van der Waals surface area contributed by atoms with E-state index < -0.39 is 0 Å². The summed E-state index contributed by atoms with van der Waals surface area (Å²) >= 11 is 0. The lowest BCUT2D eigenvalue weighted by atomic mass is 10.1. The van der Waals surface area contributed by atoms with Crippen molar-refractivity contribution in [3.63, 3.8) is 0 Å². The van der Waals surface area contributed by atoms with Crippen LogP contribution >= 0.6 is 0 Å². The van der Waals surface area contributed by atoms with Crippen molar-refractivity contribution in [3.8, 4) is 0 Å². The van der Waals surface area contributed by atoms with Crippen LogP contribution in [0.15, 0.2) is 24.3 Å². The Bertz CT molecular complexity index is 218. The molecule has 0 unspecified atom stereocenters. The normalized spacial score (nSPS) is 11.9. The van der Waals surface area contributed by atoms with Gasteiger partial charge in [-0.2, -0.15) is 0 Å². The van der Waals surface area contributed by atoms with Crippen molar-refractivity contribution >= 4 is 0 Å². The highest BCUT2D eigenvalue weighted by Crippen LogP contribution is 2.09. The van der Waals surface area contributed by atoms with Gasteiger partial charge >= 0.3 is 0 Å². The highest BCUT2D eigenvalue weighted by atomic mass is 16.2. The van der Waals surface area contributed by atoms with Crippen LogP contribution in [0.4, 0.5) is 0 Å². The Kier molecular flexibility index (Phi) is 17.9. The van der Waals surface area contributed by atoms with Crippen LogP contribution in [-0.4, -0.2) is 11.7 Å². The van der Waals surface area contributed by atoms with Crippen LogP contribution in [0.5, 0.6) is 0 Å². The summed E-state index contributed by atoms with van der Waals surface area (Å²) in [5.74, 6) is 0. The molecular formula is C19H36O. The summed E-state index contributed by atoms with van der Waals surface area (Å²) in [7, 11) is 0. The molecule has 0 heterocycles. The van der Waals surface area contributed by atoms with Crippen LogP contribution < -0.4 is 0 Å². The van der Waals surface area contributed by atoms with Crippen molar-refractivity contribution in [2.24, 2.45) is 0 Å². The predicted molar refractivity (Wildman–Crippen MR) is 91.1 cm³/mol. The van der Waals surface area contributed by atoms with Crippen LogP contribution in [0.25, 0.3) is 0 Å². The van der Waals surface area contributed by atoms with E-state index in [0.29, 0.717) is 6.61 Å². The van der Waals surface area contributed by atoms with Gasteiger partial charge in [0.15, 0.2) is 0 Å². The number of unbranched alkanes of at least 4 members (excludes halogenated alkanes) is 10. The summed E-state index contributed by atoms with van der Waals surface area (Å²) in [4.78, 5) is 0. The monoisotopic (exact) mass is 280 g/mol. The van der Waals surface area contributed by atoms with E-state index in [1.165, 1.54) is 57.8 Å². The van der Waals surface area contributed by atoms with Gasteiger partial charge in [0.1, 0.15) is 0 Å². The number of rotatable bonds is 15.